The molecule has 0 unspecified atom stereocenters. The number of rotatable bonds is 7. The summed E-state index contributed by atoms with van der Waals surface area (Å²) in [4.78, 5) is 10.5. The molecule has 4 aromatic heterocycles. The number of nitrogens with zero attached hydrogens (tertiary/aromatic N) is 4. The lowest BCUT2D eigenvalue weighted by atomic mass is 10.0. The number of para-hydroxylation sites is 2. The zero-order valence-electron chi connectivity index (χ0n) is 33.7. The van der Waals surface area contributed by atoms with E-state index in [0.717, 1.165) is 56.3 Å². The molecule has 62 heavy (non-hydrogen) atoms. The van der Waals surface area contributed by atoms with Crippen LogP contribution in [-0.4, -0.2) is 19.1 Å². The first-order chi connectivity index (χ1) is 30.7. The van der Waals surface area contributed by atoms with Crippen molar-refractivity contribution in [3.63, 3.8) is 0 Å². The van der Waals surface area contributed by atoms with E-state index < -0.39 is 0 Å². The molecule has 12 aromatic rings. The number of hydrogen-bond acceptors (Lipinski definition) is 2. The zero-order valence-corrected chi connectivity index (χ0v) is 33.7. The van der Waals surface area contributed by atoms with Crippen molar-refractivity contribution >= 4 is 43.6 Å². The van der Waals surface area contributed by atoms with Gasteiger partial charge in [-0.15, -0.1) is 0 Å². The molecule has 0 aliphatic carbocycles. The minimum Gasteiger partial charge on any atom is -0.309 e. The second kappa shape index (κ2) is 14.7. The van der Waals surface area contributed by atoms with Gasteiger partial charge in [0.25, 0.3) is 0 Å². The Morgan fingerprint density at radius 3 is 0.903 bits per heavy atom. The molecule has 4 heterocycles. The molecule has 0 saturated heterocycles. The molecule has 8 aromatic carbocycles. The molecule has 0 fully saturated rings. The van der Waals surface area contributed by atoms with Crippen molar-refractivity contribution in [1.82, 2.24) is 19.1 Å². The maximum atomic E-state index is 5.25. The van der Waals surface area contributed by atoms with E-state index in [9.17, 15) is 0 Å². The molecule has 0 amide bonds. The molecular formula is C58H38N4. The first-order valence-electron chi connectivity index (χ1n) is 21.1. The standard InChI is InChI=1S/C58H38N4/c1-5-15-39(16-6-1)41-27-31-47-49-33-29-43(37-57(49)61(55(47)35-41)45-19-9-3-10-20-45)51-23-13-25-53(59-51)54-26-14-24-52(60-54)44-30-34-50-48-32-28-42(40-17-7-2-8-18-40)36-56(48)62(58(50)38-44)46-21-11-4-12-22-46/h1-38H. The molecule has 0 atom stereocenters. The van der Waals surface area contributed by atoms with Crippen LogP contribution >= 0.6 is 0 Å². The Hall–Kier alpha value is -8.34. The molecule has 0 N–H and O–H groups in total. The van der Waals surface area contributed by atoms with Crippen molar-refractivity contribution in [3.8, 4) is 67.5 Å². The van der Waals surface area contributed by atoms with E-state index in [-0.39, 0.29) is 0 Å². The minimum absolute atomic E-state index is 0.827. The van der Waals surface area contributed by atoms with E-state index >= 15 is 0 Å². The molecule has 0 saturated carbocycles. The van der Waals surface area contributed by atoms with E-state index in [4.69, 9.17) is 9.97 Å². The molecule has 4 heteroatoms. The lowest BCUT2D eigenvalue weighted by Crippen LogP contribution is -1.95. The van der Waals surface area contributed by atoms with Crippen LogP contribution in [0, 0.1) is 0 Å². The van der Waals surface area contributed by atoms with Crippen LogP contribution in [0.4, 0.5) is 0 Å². The van der Waals surface area contributed by atoms with Crippen molar-refractivity contribution in [1.29, 1.82) is 0 Å². The summed E-state index contributed by atoms with van der Waals surface area (Å²) < 4.78 is 4.76. The fraction of sp³-hybridized carbons (Fsp3) is 0. The Labute approximate surface area is 359 Å². The normalized spacial score (nSPS) is 11.5. The van der Waals surface area contributed by atoms with Crippen LogP contribution in [0.1, 0.15) is 0 Å². The molecule has 0 radical (unpaired) electrons. The maximum Gasteiger partial charge on any atom is 0.0893 e. The topological polar surface area (TPSA) is 35.6 Å². The van der Waals surface area contributed by atoms with Gasteiger partial charge in [-0.05, 0) is 95.1 Å². The van der Waals surface area contributed by atoms with E-state index in [2.05, 4.69) is 240 Å². The summed E-state index contributed by atoms with van der Waals surface area (Å²) in [5.41, 5.74) is 17.2. The van der Waals surface area contributed by atoms with Crippen LogP contribution < -0.4 is 0 Å². The lowest BCUT2D eigenvalue weighted by Gasteiger charge is -2.11. The second-order valence-corrected chi connectivity index (χ2v) is 15.8. The Kier molecular flexibility index (Phi) is 8.46. The van der Waals surface area contributed by atoms with Crippen LogP contribution in [0.25, 0.3) is 111 Å². The van der Waals surface area contributed by atoms with Crippen LogP contribution in [0.2, 0.25) is 0 Å². The van der Waals surface area contributed by atoms with Gasteiger partial charge in [0, 0.05) is 44.0 Å². The summed E-state index contributed by atoms with van der Waals surface area (Å²) in [6, 6.07) is 82.0. The highest BCUT2D eigenvalue weighted by molar-refractivity contribution is 6.12. The van der Waals surface area contributed by atoms with Gasteiger partial charge in [-0.3, -0.25) is 0 Å². The molecule has 290 valence electrons. The van der Waals surface area contributed by atoms with Crippen molar-refractivity contribution in [3.05, 3.63) is 231 Å². The predicted octanol–water partition coefficient (Wildman–Crippen LogP) is 15.0. The number of pyridine rings is 2. The summed E-state index contributed by atoms with van der Waals surface area (Å²) in [6.45, 7) is 0. The highest BCUT2D eigenvalue weighted by atomic mass is 15.0. The monoisotopic (exact) mass is 790 g/mol. The van der Waals surface area contributed by atoms with Gasteiger partial charge < -0.3 is 9.13 Å². The van der Waals surface area contributed by atoms with Gasteiger partial charge in [-0.2, -0.15) is 0 Å². The van der Waals surface area contributed by atoms with E-state index in [1.54, 1.807) is 0 Å². The summed E-state index contributed by atoms with van der Waals surface area (Å²) in [5.74, 6) is 0. The molecule has 0 aliphatic heterocycles. The van der Waals surface area contributed by atoms with Crippen molar-refractivity contribution in [2.75, 3.05) is 0 Å². The summed E-state index contributed by atoms with van der Waals surface area (Å²) in [6.07, 6.45) is 0. The fourth-order valence-corrected chi connectivity index (χ4v) is 9.16. The minimum atomic E-state index is 0.827. The van der Waals surface area contributed by atoms with Gasteiger partial charge in [0.15, 0.2) is 0 Å². The molecule has 0 aliphatic rings. The van der Waals surface area contributed by atoms with E-state index in [1.165, 1.54) is 54.8 Å². The maximum absolute atomic E-state index is 5.25. The summed E-state index contributed by atoms with van der Waals surface area (Å²) in [5, 5.41) is 4.85. The molecule has 12 rings (SSSR count). The van der Waals surface area contributed by atoms with Gasteiger partial charge in [-0.1, -0.05) is 158 Å². The Morgan fingerprint density at radius 1 is 0.226 bits per heavy atom. The quantitative estimate of drug-likeness (QED) is 0.161. The van der Waals surface area contributed by atoms with Crippen LogP contribution in [0.5, 0.6) is 0 Å². The highest BCUT2D eigenvalue weighted by Crippen LogP contribution is 2.39. The Balaban J connectivity index is 0.945. The van der Waals surface area contributed by atoms with Gasteiger partial charge in [0.2, 0.25) is 0 Å². The Bertz CT molecular complexity index is 3360. The Morgan fingerprint density at radius 2 is 0.532 bits per heavy atom. The second-order valence-electron chi connectivity index (χ2n) is 15.8. The molecule has 0 bridgehead atoms. The van der Waals surface area contributed by atoms with Crippen LogP contribution in [-0.2, 0) is 0 Å². The number of aromatic nitrogens is 4. The third-order valence-electron chi connectivity index (χ3n) is 12.1. The third-order valence-corrected chi connectivity index (χ3v) is 12.1. The predicted molar refractivity (Wildman–Crippen MR) is 258 cm³/mol. The number of fused-ring (bicyclic) bond motifs is 6. The zero-order chi connectivity index (χ0) is 41.0. The average molecular weight is 791 g/mol. The molecule has 0 spiro atoms. The van der Waals surface area contributed by atoms with Gasteiger partial charge in [0.05, 0.1) is 44.8 Å². The highest BCUT2D eigenvalue weighted by Gasteiger charge is 2.18. The van der Waals surface area contributed by atoms with Crippen LogP contribution in [0.3, 0.4) is 0 Å². The third kappa shape index (κ3) is 6.08. The van der Waals surface area contributed by atoms with E-state index in [0.29, 0.717) is 0 Å². The van der Waals surface area contributed by atoms with Gasteiger partial charge >= 0.3 is 0 Å². The summed E-state index contributed by atoms with van der Waals surface area (Å²) in [7, 11) is 0. The first kappa shape index (κ1) is 35.6. The van der Waals surface area contributed by atoms with Crippen molar-refractivity contribution in [2.45, 2.75) is 0 Å². The van der Waals surface area contributed by atoms with Gasteiger partial charge in [0.1, 0.15) is 0 Å². The van der Waals surface area contributed by atoms with E-state index in [1.807, 2.05) is 0 Å². The SMILES string of the molecule is c1ccc(-c2ccc3c4ccc(-c5cccc(-c6cccc(-c7ccc8c9ccc(-c%10ccccc%10)cc9n(-c9ccccc9)c8c7)n6)n5)cc4n(-c4ccccc4)c3c2)cc1. The average Bonchev–Trinajstić information content (AvgIpc) is 3.86. The first-order valence-corrected chi connectivity index (χ1v) is 21.1. The van der Waals surface area contributed by atoms with Gasteiger partial charge in [-0.25, -0.2) is 9.97 Å². The lowest BCUT2D eigenvalue weighted by molar-refractivity contribution is 1.18. The largest absolute Gasteiger partial charge is 0.309 e. The summed E-state index contributed by atoms with van der Waals surface area (Å²) >= 11 is 0. The molecule has 4 nitrogen and oxygen atoms in total. The van der Waals surface area contributed by atoms with Crippen LogP contribution in [0.15, 0.2) is 231 Å². The van der Waals surface area contributed by atoms with Crippen molar-refractivity contribution in [2.24, 2.45) is 0 Å². The number of hydrogen-bond donors (Lipinski definition) is 0. The molecular weight excluding hydrogens is 753 g/mol. The van der Waals surface area contributed by atoms with Crippen molar-refractivity contribution < 1.29 is 0 Å². The smallest absolute Gasteiger partial charge is 0.0893 e. The fourth-order valence-electron chi connectivity index (χ4n) is 9.16. The number of benzene rings is 8.